The number of amides is 1. The molecular formula is C15H22N2O3S. The maximum absolute atomic E-state index is 12.3. The van der Waals surface area contributed by atoms with Crippen LogP contribution in [-0.4, -0.2) is 40.0 Å². The Balaban J connectivity index is 2.03. The van der Waals surface area contributed by atoms with E-state index in [0.29, 0.717) is 23.2 Å². The second kappa shape index (κ2) is 7.02. The van der Waals surface area contributed by atoms with Gasteiger partial charge in [0.15, 0.2) is 0 Å². The molecule has 1 aliphatic rings. The van der Waals surface area contributed by atoms with Gasteiger partial charge in [-0.2, -0.15) is 0 Å². The lowest BCUT2D eigenvalue weighted by molar-refractivity contribution is -0.131. The zero-order chi connectivity index (χ0) is 15.4. The smallest absolute Gasteiger partial charge is 0.347 e. The topological polar surface area (TPSA) is 70.5 Å². The van der Waals surface area contributed by atoms with E-state index in [-0.39, 0.29) is 17.2 Å². The van der Waals surface area contributed by atoms with Gasteiger partial charge in [0.1, 0.15) is 9.88 Å². The molecule has 0 atom stereocenters. The Morgan fingerprint density at radius 2 is 2.00 bits per heavy atom. The van der Waals surface area contributed by atoms with Gasteiger partial charge in [-0.25, -0.2) is 9.78 Å². The first-order chi connectivity index (χ1) is 10.0. The second-order valence-corrected chi connectivity index (χ2v) is 6.60. The first-order valence-electron chi connectivity index (χ1n) is 7.50. The Morgan fingerprint density at radius 3 is 2.52 bits per heavy atom. The van der Waals surface area contributed by atoms with Crippen molar-refractivity contribution >= 4 is 23.2 Å². The molecule has 1 amide bonds. The number of carbonyl (C=O) groups is 2. The molecule has 2 rings (SSSR count). The summed E-state index contributed by atoms with van der Waals surface area (Å²) in [7, 11) is 1.85. The van der Waals surface area contributed by atoms with Crippen LogP contribution in [0.4, 0.5) is 0 Å². The molecular weight excluding hydrogens is 288 g/mol. The fraction of sp³-hybridized carbons (Fsp3) is 0.667. The number of thiazole rings is 1. The lowest BCUT2D eigenvalue weighted by atomic mass is 9.94. The zero-order valence-corrected chi connectivity index (χ0v) is 13.4. The third-order valence-electron chi connectivity index (χ3n) is 4.09. The fourth-order valence-corrected chi connectivity index (χ4v) is 3.79. The van der Waals surface area contributed by atoms with Crippen LogP contribution in [0.3, 0.4) is 0 Å². The van der Waals surface area contributed by atoms with Gasteiger partial charge in [0.05, 0.1) is 12.1 Å². The first-order valence-corrected chi connectivity index (χ1v) is 8.32. The Bertz CT molecular complexity index is 521. The van der Waals surface area contributed by atoms with Crippen LogP contribution < -0.4 is 0 Å². The van der Waals surface area contributed by atoms with Crippen LogP contribution in [0, 0.1) is 0 Å². The molecule has 1 heterocycles. The van der Waals surface area contributed by atoms with Crippen LogP contribution in [0.5, 0.6) is 0 Å². The standard InChI is InChI=1S/C15H22N2O3S/c1-3-11-14(15(19)20)21-12(16-11)9-13(18)17(2)10-7-5-4-6-8-10/h10H,3-9H2,1-2H3,(H,19,20). The van der Waals surface area contributed by atoms with E-state index in [1.165, 1.54) is 19.3 Å². The van der Waals surface area contributed by atoms with Gasteiger partial charge in [-0.1, -0.05) is 26.2 Å². The molecule has 1 aromatic heterocycles. The third-order valence-corrected chi connectivity index (χ3v) is 5.17. The predicted octanol–water partition coefficient (Wildman–Crippen LogP) is 2.74. The molecule has 116 valence electrons. The second-order valence-electron chi connectivity index (χ2n) is 5.52. The van der Waals surface area contributed by atoms with E-state index in [0.717, 1.165) is 24.2 Å². The minimum atomic E-state index is -0.955. The molecule has 1 aromatic rings. The third kappa shape index (κ3) is 3.81. The van der Waals surface area contributed by atoms with Crippen LogP contribution >= 0.6 is 11.3 Å². The highest BCUT2D eigenvalue weighted by Crippen LogP contribution is 2.24. The van der Waals surface area contributed by atoms with Crippen molar-refractivity contribution in [1.82, 2.24) is 9.88 Å². The molecule has 1 N–H and O–H groups in total. The zero-order valence-electron chi connectivity index (χ0n) is 12.6. The van der Waals surface area contributed by atoms with E-state index in [1.807, 2.05) is 18.9 Å². The summed E-state index contributed by atoms with van der Waals surface area (Å²) in [6, 6.07) is 0.329. The molecule has 1 fully saturated rings. The van der Waals surface area contributed by atoms with Gasteiger partial charge in [-0.3, -0.25) is 4.79 Å². The normalized spacial score (nSPS) is 15.9. The van der Waals surface area contributed by atoms with E-state index in [9.17, 15) is 9.59 Å². The number of carbonyl (C=O) groups excluding carboxylic acids is 1. The summed E-state index contributed by atoms with van der Waals surface area (Å²) in [4.78, 5) is 29.9. The van der Waals surface area contributed by atoms with Crippen LogP contribution in [0.15, 0.2) is 0 Å². The Labute approximate surface area is 129 Å². The Kier molecular flexibility index (Phi) is 5.33. The van der Waals surface area contributed by atoms with Gasteiger partial charge < -0.3 is 10.0 Å². The number of aromatic carboxylic acids is 1. The summed E-state index contributed by atoms with van der Waals surface area (Å²) in [6.45, 7) is 1.88. The summed E-state index contributed by atoms with van der Waals surface area (Å²) in [5, 5.41) is 9.74. The lowest BCUT2D eigenvalue weighted by Crippen LogP contribution is -2.39. The molecule has 0 spiro atoms. The molecule has 1 aliphatic carbocycles. The van der Waals surface area contributed by atoms with E-state index >= 15 is 0 Å². The molecule has 0 unspecified atom stereocenters. The number of nitrogens with zero attached hydrogens (tertiary/aromatic N) is 2. The van der Waals surface area contributed by atoms with Gasteiger partial charge >= 0.3 is 5.97 Å². The number of aryl methyl sites for hydroxylation is 1. The van der Waals surface area contributed by atoms with Crippen molar-refractivity contribution in [2.24, 2.45) is 0 Å². The number of aromatic nitrogens is 1. The average molecular weight is 310 g/mol. The van der Waals surface area contributed by atoms with Crippen LogP contribution in [0.2, 0.25) is 0 Å². The number of carboxylic acids is 1. The molecule has 21 heavy (non-hydrogen) atoms. The highest BCUT2D eigenvalue weighted by molar-refractivity contribution is 7.13. The summed E-state index contributed by atoms with van der Waals surface area (Å²) < 4.78 is 0. The highest BCUT2D eigenvalue weighted by atomic mass is 32.1. The number of likely N-dealkylation sites (N-methyl/N-ethyl adjacent to an activating group) is 1. The summed E-state index contributed by atoms with van der Waals surface area (Å²) >= 11 is 1.13. The van der Waals surface area contributed by atoms with Crippen LogP contribution in [-0.2, 0) is 17.6 Å². The molecule has 0 saturated heterocycles. The molecule has 1 saturated carbocycles. The van der Waals surface area contributed by atoms with Crippen molar-refractivity contribution in [3.8, 4) is 0 Å². The van der Waals surface area contributed by atoms with E-state index in [4.69, 9.17) is 5.11 Å². The molecule has 0 bridgehead atoms. The molecule has 5 nitrogen and oxygen atoms in total. The van der Waals surface area contributed by atoms with Crippen molar-refractivity contribution in [1.29, 1.82) is 0 Å². The van der Waals surface area contributed by atoms with E-state index in [2.05, 4.69) is 4.98 Å². The lowest BCUT2D eigenvalue weighted by Gasteiger charge is -2.31. The highest BCUT2D eigenvalue weighted by Gasteiger charge is 2.24. The Morgan fingerprint density at radius 1 is 1.33 bits per heavy atom. The van der Waals surface area contributed by atoms with E-state index in [1.54, 1.807) is 0 Å². The number of hydrogen-bond acceptors (Lipinski definition) is 4. The predicted molar refractivity (Wildman–Crippen MR) is 81.8 cm³/mol. The average Bonchev–Trinajstić information content (AvgIpc) is 2.90. The van der Waals surface area contributed by atoms with Crippen molar-refractivity contribution in [3.05, 3.63) is 15.6 Å². The van der Waals surface area contributed by atoms with Gasteiger partial charge in [0.25, 0.3) is 0 Å². The monoisotopic (exact) mass is 310 g/mol. The van der Waals surface area contributed by atoms with Gasteiger partial charge in [-0.05, 0) is 19.3 Å². The summed E-state index contributed by atoms with van der Waals surface area (Å²) in [6.07, 6.45) is 6.54. The number of carboxylic acid groups (broad SMARTS) is 1. The van der Waals surface area contributed by atoms with Crippen LogP contribution in [0.1, 0.15) is 59.4 Å². The van der Waals surface area contributed by atoms with Gasteiger partial charge in [0, 0.05) is 13.1 Å². The summed E-state index contributed by atoms with van der Waals surface area (Å²) in [5.74, 6) is -0.918. The molecule has 0 radical (unpaired) electrons. The first kappa shape index (κ1) is 15.9. The van der Waals surface area contributed by atoms with Crippen molar-refractivity contribution in [2.75, 3.05) is 7.05 Å². The van der Waals surface area contributed by atoms with Crippen molar-refractivity contribution in [3.63, 3.8) is 0 Å². The molecule has 6 heteroatoms. The minimum Gasteiger partial charge on any atom is -0.477 e. The molecule has 0 aliphatic heterocycles. The summed E-state index contributed by atoms with van der Waals surface area (Å²) in [5.41, 5.74) is 0.579. The SMILES string of the molecule is CCc1nc(CC(=O)N(C)C2CCCCC2)sc1C(=O)O. The van der Waals surface area contributed by atoms with Crippen molar-refractivity contribution < 1.29 is 14.7 Å². The van der Waals surface area contributed by atoms with Crippen molar-refractivity contribution in [2.45, 2.75) is 57.9 Å². The maximum Gasteiger partial charge on any atom is 0.347 e. The Hall–Kier alpha value is -1.43. The fourth-order valence-electron chi connectivity index (χ4n) is 2.81. The van der Waals surface area contributed by atoms with E-state index < -0.39 is 5.97 Å². The minimum absolute atomic E-state index is 0.0373. The largest absolute Gasteiger partial charge is 0.477 e. The van der Waals surface area contributed by atoms with Crippen LogP contribution in [0.25, 0.3) is 0 Å². The number of rotatable bonds is 5. The quantitative estimate of drug-likeness (QED) is 0.908. The van der Waals surface area contributed by atoms with Gasteiger partial charge in [-0.15, -0.1) is 11.3 Å². The van der Waals surface area contributed by atoms with Gasteiger partial charge in [0.2, 0.25) is 5.91 Å². The maximum atomic E-state index is 12.3. The molecule has 0 aromatic carbocycles. The number of hydrogen-bond donors (Lipinski definition) is 1.